The van der Waals surface area contributed by atoms with Crippen LogP contribution < -0.4 is 16.0 Å². The molecule has 1 aromatic heterocycles. The smallest absolute Gasteiger partial charge is 0.242 e. The maximum absolute atomic E-state index is 12.0. The lowest BCUT2D eigenvalue weighted by Crippen LogP contribution is -2.49. The number of hydrogen-bond acceptors (Lipinski definition) is 4. The van der Waals surface area contributed by atoms with Gasteiger partial charge in [0.25, 0.3) is 0 Å². The highest BCUT2D eigenvalue weighted by Gasteiger charge is 2.30. The number of pyridine rings is 1. The summed E-state index contributed by atoms with van der Waals surface area (Å²) >= 11 is 0. The van der Waals surface area contributed by atoms with Crippen LogP contribution in [0.1, 0.15) is 30.5 Å². The van der Waals surface area contributed by atoms with Gasteiger partial charge in [-0.3, -0.25) is 4.79 Å². The molecule has 5 heteroatoms. The van der Waals surface area contributed by atoms with Gasteiger partial charge in [0.05, 0.1) is 0 Å². The lowest BCUT2D eigenvalue weighted by Gasteiger charge is -2.36. The lowest BCUT2D eigenvalue weighted by atomic mass is 10.0. The fraction of sp³-hybridized carbons (Fsp3) is 0.571. The van der Waals surface area contributed by atoms with E-state index in [9.17, 15) is 4.79 Å². The Bertz CT molecular complexity index is 461. The van der Waals surface area contributed by atoms with Gasteiger partial charge in [-0.2, -0.15) is 0 Å². The van der Waals surface area contributed by atoms with Gasteiger partial charge in [0.1, 0.15) is 11.9 Å². The first-order valence-electron chi connectivity index (χ1n) is 6.82. The van der Waals surface area contributed by atoms with E-state index >= 15 is 0 Å². The minimum Gasteiger partial charge on any atom is -0.357 e. The van der Waals surface area contributed by atoms with E-state index in [2.05, 4.69) is 15.2 Å². The van der Waals surface area contributed by atoms with Gasteiger partial charge in [0, 0.05) is 31.4 Å². The van der Waals surface area contributed by atoms with Crippen molar-refractivity contribution in [2.24, 2.45) is 5.73 Å². The van der Waals surface area contributed by atoms with E-state index in [4.69, 9.17) is 5.73 Å². The first kappa shape index (κ1) is 13.8. The molecule has 2 rings (SSSR count). The summed E-state index contributed by atoms with van der Waals surface area (Å²) in [6, 6.07) is 3.84. The fourth-order valence-corrected chi connectivity index (χ4v) is 2.60. The fourth-order valence-electron chi connectivity index (χ4n) is 2.60. The minimum absolute atomic E-state index is 0.0611. The second-order valence-corrected chi connectivity index (χ2v) is 4.96. The molecule has 0 bridgehead atoms. The van der Waals surface area contributed by atoms with Gasteiger partial charge >= 0.3 is 0 Å². The van der Waals surface area contributed by atoms with Crippen molar-refractivity contribution in [2.45, 2.75) is 38.8 Å². The topological polar surface area (TPSA) is 71.2 Å². The second-order valence-electron chi connectivity index (χ2n) is 4.96. The standard InChI is InChI=1S/C14H22N4O/c1-10-6-7-11(9-15)13(17-10)18-8-4-3-5-12(18)14(19)16-2/h6-7,12H,3-5,8-9,15H2,1-2H3,(H,16,19). The number of aromatic nitrogens is 1. The maximum Gasteiger partial charge on any atom is 0.242 e. The van der Waals surface area contributed by atoms with Gasteiger partial charge in [0.2, 0.25) is 5.91 Å². The third-order valence-electron chi connectivity index (χ3n) is 3.64. The number of carbonyl (C=O) groups is 1. The number of hydrogen-bond donors (Lipinski definition) is 2. The van der Waals surface area contributed by atoms with Crippen molar-refractivity contribution < 1.29 is 4.79 Å². The van der Waals surface area contributed by atoms with Gasteiger partial charge in [0.15, 0.2) is 0 Å². The molecule has 1 atom stereocenters. The number of likely N-dealkylation sites (N-methyl/N-ethyl adjacent to an activating group) is 1. The van der Waals surface area contributed by atoms with Crippen LogP contribution in [0, 0.1) is 6.92 Å². The quantitative estimate of drug-likeness (QED) is 0.851. The van der Waals surface area contributed by atoms with Gasteiger partial charge in [-0.1, -0.05) is 6.07 Å². The molecule has 0 spiro atoms. The molecule has 104 valence electrons. The predicted octanol–water partition coefficient (Wildman–Crippen LogP) is 0.954. The van der Waals surface area contributed by atoms with Crippen LogP contribution in [0.25, 0.3) is 0 Å². The molecule has 1 amide bonds. The molecule has 1 saturated heterocycles. The van der Waals surface area contributed by atoms with E-state index in [1.807, 2.05) is 19.1 Å². The molecular formula is C14H22N4O. The zero-order valence-corrected chi connectivity index (χ0v) is 11.6. The van der Waals surface area contributed by atoms with Crippen molar-refractivity contribution in [3.63, 3.8) is 0 Å². The average Bonchev–Trinajstić information content (AvgIpc) is 2.46. The summed E-state index contributed by atoms with van der Waals surface area (Å²) in [7, 11) is 1.68. The summed E-state index contributed by atoms with van der Waals surface area (Å²) in [6.07, 6.45) is 3.05. The first-order chi connectivity index (χ1) is 9.17. The van der Waals surface area contributed by atoms with Crippen LogP contribution in [0.4, 0.5) is 5.82 Å². The van der Waals surface area contributed by atoms with E-state index in [1.165, 1.54) is 0 Å². The first-order valence-corrected chi connectivity index (χ1v) is 6.82. The largest absolute Gasteiger partial charge is 0.357 e. The third-order valence-corrected chi connectivity index (χ3v) is 3.64. The van der Waals surface area contributed by atoms with Gasteiger partial charge in [-0.25, -0.2) is 4.98 Å². The Balaban J connectivity index is 2.36. The lowest BCUT2D eigenvalue weighted by molar-refractivity contribution is -0.122. The second kappa shape index (κ2) is 6.02. The molecule has 0 aromatic carbocycles. The molecular weight excluding hydrogens is 240 g/mol. The molecule has 1 aliphatic rings. The number of amides is 1. The number of nitrogens with one attached hydrogen (secondary N) is 1. The zero-order chi connectivity index (χ0) is 13.8. The van der Waals surface area contributed by atoms with E-state index < -0.39 is 0 Å². The van der Waals surface area contributed by atoms with E-state index in [1.54, 1.807) is 7.05 Å². The van der Waals surface area contributed by atoms with Crippen LogP contribution in [0.3, 0.4) is 0 Å². The number of aryl methyl sites for hydroxylation is 1. The molecule has 0 radical (unpaired) electrons. The van der Waals surface area contributed by atoms with Crippen LogP contribution in [0.5, 0.6) is 0 Å². The third kappa shape index (κ3) is 2.87. The molecule has 5 nitrogen and oxygen atoms in total. The number of nitrogens with zero attached hydrogens (tertiary/aromatic N) is 2. The molecule has 1 aromatic rings. The molecule has 19 heavy (non-hydrogen) atoms. The molecule has 1 unspecified atom stereocenters. The van der Waals surface area contributed by atoms with E-state index in [0.29, 0.717) is 6.54 Å². The monoisotopic (exact) mass is 262 g/mol. The molecule has 2 heterocycles. The van der Waals surface area contributed by atoms with Crippen LogP contribution in [0.15, 0.2) is 12.1 Å². The summed E-state index contributed by atoms with van der Waals surface area (Å²) in [5.74, 6) is 0.932. The highest BCUT2D eigenvalue weighted by molar-refractivity contribution is 5.85. The Labute approximate surface area is 114 Å². The SMILES string of the molecule is CNC(=O)C1CCCCN1c1nc(C)ccc1CN. The molecule has 1 aliphatic heterocycles. The van der Waals surface area contributed by atoms with Crippen LogP contribution in [0.2, 0.25) is 0 Å². The Morgan fingerprint density at radius 3 is 3.00 bits per heavy atom. The summed E-state index contributed by atoms with van der Waals surface area (Å²) in [4.78, 5) is 18.7. The van der Waals surface area contributed by atoms with Crippen molar-refractivity contribution in [3.8, 4) is 0 Å². The average molecular weight is 262 g/mol. The Morgan fingerprint density at radius 2 is 2.32 bits per heavy atom. The van der Waals surface area contributed by atoms with Gasteiger partial charge in [-0.05, 0) is 32.3 Å². The van der Waals surface area contributed by atoms with Gasteiger partial charge in [-0.15, -0.1) is 0 Å². The molecule has 0 saturated carbocycles. The highest BCUT2D eigenvalue weighted by Crippen LogP contribution is 2.26. The Hall–Kier alpha value is -1.62. The van der Waals surface area contributed by atoms with Crippen LogP contribution in [-0.2, 0) is 11.3 Å². The van der Waals surface area contributed by atoms with Crippen molar-refractivity contribution in [2.75, 3.05) is 18.5 Å². The van der Waals surface area contributed by atoms with E-state index in [-0.39, 0.29) is 11.9 Å². The molecule has 1 fully saturated rings. The summed E-state index contributed by atoms with van der Waals surface area (Å²) in [5, 5.41) is 2.75. The summed E-state index contributed by atoms with van der Waals surface area (Å²) in [5.41, 5.74) is 7.75. The van der Waals surface area contributed by atoms with Crippen molar-refractivity contribution in [1.29, 1.82) is 0 Å². The number of rotatable bonds is 3. The highest BCUT2D eigenvalue weighted by atomic mass is 16.2. The summed E-state index contributed by atoms with van der Waals surface area (Å²) < 4.78 is 0. The van der Waals surface area contributed by atoms with Crippen molar-refractivity contribution in [1.82, 2.24) is 10.3 Å². The van der Waals surface area contributed by atoms with Crippen molar-refractivity contribution in [3.05, 3.63) is 23.4 Å². The minimum atomic E-state index is -0.127. The Kier molecular flexibility index (Phi) is 4.37. The summed E-state index contributed by atoms with van der Waals surface area (Å²) in [6.45, 7) is 3.27. The molecule has 3 N–H and O–H groups in total. The number of anilines is 1. The zero-order valence-electron chi connectivity index (χ0n) is 11.6. The van der Waals surface area contributed by atoms with Crippen molar-refractivity contribution >= 4 is 11.7 Å². The number of piperidine rings is 1. The van der Waals surface area contributed by atoms with Crippen LogP contribution in [-0.4, -0.2) is 30.5 Å². The maximum atomic E-state index is 12.0. The van der Waals surface area contributed by atoms with E-state index in [0.717, 1.165) is 42.9 Å². The Morgan fingerprint density at radius 1 is 1.53 bits per heavy atom. The van der Waals surface area contributed by atoms with Gasteiger partial charge < -0.3 is 16.0 Å². The number of carbonyl (C=O) groups excluding carboxylic acids is 1. The molecule has 0 aliphatic carbocycles. The van der Waals surface area contributed by atoms with Crippen LogP contribution >= 0.6 is 0 Å². The number of nitrogens with two attached hydrogens (primary N) is 1. The predicted molar refractivity (Wildman–Crippen MR) is 75.9 cm³/mol. The normalized spacial score (nSPS) is 19.3.